The molecule has 2 aromatic carbocycles. The fraction of sp³-hybridized carbons (Fsp3) is 0.190. The van der Waals surface area contributed by atoms with E-state index >= 15 is 0 Å². The summed E-state index contributed by atoms with van der Waals surface area (Å²) in [5, 5.41) is 7.14. The zero-order valence-electron chi connectivity index (χ0n) is 14.3. The molecule has 4 heteroatoms. The van der Waals surface area contributed by atoms with E-state index in [0.717, 1.165) is 17.7 Å². The van der Waals surface area contributed by atoms with Gasteiger partial charge in [0.1, 0.15) is 0 Å². The number of hydrogen-bond acceptors (Lipinski definition) is 2. The molecule has 0 radical (unpaired) electrons. The topological polar surface area (TPSA) is 32.3 Å². The number of carbonyl (C=O) groups excluding carboxylic acids is 1. The fourth-order valence-corrected chi connectivity index (χ4v) is 3.26. The van der Waals surface area contributed by atoms with Crippen molar-refractivity contribution in [1.29, 1.82) is 0 Å². The number of anilines is 1. The van der Waals surface area contributed by atoms with Gasteiger partial charge in [0.25, 0.3) is 0 Å². The number of urea groups is 1. The van der Waals surface area contributed by atoms with Crippen LogP contribution in [0.25, 0.3) is 0 Å². The summed E-state index contributed by atoms with van der Waals surface area (Å²) in [7, 11) is 0. The molecule has 1 aromatic heterocycles. The predicted octanol–water partition coefficient (Wildman–Crippen LogP) is 5.33. The summed E-state index contributed by atoms with van der Waals surface area (Å²) in [6, 6.07) is 20.2. The van der Waals surface area contributed by atoms with Crippen LogP contribution in [0.15, 0.2) is 71.4 Å². The first-order valence-electron chi connectivity index (χ1n) is 8.38. The maximum absolute atomic E-state index is 12.8. The Morgan fingerprint density at radius 2 is 1.76 bits per heavy atom. The van der Waals surface area contributed by atoms with E-state index in [0.29, 0.717) is 13.1 Å². The van der Waals surface area contributed by atoms with E-state index in [1.54, 1.807) is 11.3 Å². The first-order chi connectivity index (χ1) is 12.2. The Bertz CT molecular complexity index is 783. The van der Waals surface area contributed by atoms with Crippen LogP contribution < -0.4 is 5.32 Å². The zero-order chi connectivity index (χ0) is 17.5. The van der Waals surface area contributed by atoms with Crippen molar-refractivity contribution in [3.8, 4) is 0 Å². The van der Waals surface area contributed by atoms with Crippen molar-refractivity contribution in [2.75, 3.05) is 11.9 Å². The molecule has 3 rings (SSSR count). The Hall–Kier alpha value is -2.59. The lowest BCUT2D eigenvalue weighted by molar-refractivity contribution is 0.210. The van der Waals surface area contributed by atoms with E-state index in [9.17, 15) is 4.79 Å². The summed E-state index contributed by atoms with van der Waals surface area (Å²) in [5.74, 6) is 0. The lowest BCUT2D eigenvalue weighted by atomic mass is 10.1. The van der Waals surface area contributed by atoms with Gasteiger partial charge in [0.2, 0.25) is 0 Å². The van der Waals surface area contributed by atoms with E-state index in [2.05, 4.69) is 28.9 Å². The molecular formula is C21H22N2OS. The monoisotopic (exact) mass is 350 g/mol. The van der Waals surface area contributed by atoms with E-state index in [1.165, 1.54) is 11.1 Å². The lowest BCUT2D eigenvalue weighted by Gasteiger charge is -2.23. The number of nitrogens with zero attached hydrogens (tertiary/aromatic N) is 1. The smallest absolute Gasteiger partial charge is 0.320 e. The van der Waals surface area contributed by atoms with Gasteiger partial charge in [-0.15, -0.1) is 0 Å². The highest BCUT2D eigenvalue weighted by Crippen LogP contribution is 2.14. The average Bonchev–Trinajstić information content (AvgIpc) is 3.14. The van der Waals surface area contributed by atoms with Crippen LogP contribution in [0.1, 0.15) is 16.7 Å². The molecule has 0 aliphatic heterocycles. The molecule has 0 saturated heterocycles. The number of amides is 2. The Kier molecular flexibility index (Phi) is 5.86. The van der Waals surface area contributed by atoms with Crippen molar-refractivity contribution in [2.45, 2.75) is 19.9 Å². The van der Waals surface area contributed by atoms with Gasteiger partial charge in [-0.3, -0.25) is 0 Å². The van der Waals surface area contributed by atoms with Crippen molar-refractivity contribution < 1.29 is 4.79 Å². The summed E-state index contributed by atoms with van der Waals surface area (Å²) in [6.07, 6.45) is 0.840. The molecule has 0 spiro atoms. The van der Waals surface area contributed by atoms with Gasteiger partial charge in [0.15, 0.2) is 0 Å². The quantitative estimate of drug-likeness (QED) is 0.640. The van der Waals surface area contributed by atoms with Crippen LogP contribution in [0.3, 0.4) is 0 Å². The van der Waals surface area contributed by atoms with Crippen molar-refractivity contribution in [2.24, 2.45) is 0 Å². The number of rotatable bonds is 6. The Morgan fingerprint density at radius 1 is 1.00 bits per heavy atom. The van der Waals surface area contributed by atoms with Crippen LogP contribution in [-0.4, -0.2) is 17.5 Å². The number of nitrogens with one attached hydrogen (secondary N) is 1. The Morgan fingerprint density at radius 3 is 2.44 bits per heavy atom. The molecule has 0 atom stereocenters. The minimum absolute atomic E-state index is 0.0639. The van der Waals surface area contributed by atoms with E-state index in [1.807, 2.05) is 59.7 Å². The first-order valence-corrected chi connectivity index (χ1v) is 9.32. The van der Waals surface area contributed by atoms with Gasteiger partial charge >= 0.3 is 6.03 Å². The molecule has 25 heavy (non-hydrogen) atoms. The molecule has 0 saturated carbocycles. The lowest BCUT2D eigenvalue weighted by Crippen LogP contribution is -2.36. The van der Waals surface area contributed by atoms with Crippen LogP contribution >= 0.6 is 11.3 Å². The summed E-state index contributed by atoms with van der Waals surface area (Å²) in [6.45, 7) is 3.33. The maximum atomic E-state index is 12.8. The Labute approximate surface area is 152 Å². The highest BCUT2D eigenvalue weighted by atomic mass is 32.1. The van der Waals surface area contributed by atoms with Gasteiger partial charge < -0.3 is 10.2 Å². The molecule has 3 aromatic rings. The largest absolute Gasteiger partial charge is 0.322 e. The van der Waals surface area contributed by atoms with Crippen LogP contribution in [0.5, 0.6) is 0 Å². The van der Waals surface area contributed by atoms with Crippen molar-refractivity contribution >= 4 is 23.1 Å². The van der Waals surface area contributed by atoms with Crippen LogP contribution in [-0.2, 0) is 13.0 Å². The molecule has 1 N–H and O–H groups in total. The molecule has 0 bridgehead atoms. The number of hydrogen-bond donors (Lipinski definition) is 1. The van der Waals surface area contributed by atoms with Crippen molar-refractivity contribution in [3.05, 3.63) is 88.1 Å². The number of benzene rings is 2. The third-order valence-corrected chi connectivity index (χ3v) is 4.79. The highest BCUT2D eigenvalue weighted by Gasteiger charge is 2.14. The van der Waals surface area contributed by atoms with Gasteiger partial charge in [-0.25, -0.2) is 4.79 Å². The van der Waals surface area contributed by atoms with Gasteiger partial charge in [-0.2, -0.15) is 11.3 Å². The first kappa shape index (κ1) is 17.2. The minimum Gasteiger partial charge on any atom is -0.320 e. The van der Waals surface area contributed by atoms with Crippen LogP contribution in [0, 0.1) is 6.92 Å². The number of thiophene rings is 1. The van der Waals surface area contributed by atoms with Gasteiger partial charge in [0.05, 0.1) is 0 Å². The molecular weight excluding hydrogens is 328 g/mol. The van der Waals surface area contributed by atoms with Crippen LogP contribution in [0.2, 0.25) is 0 Å². The Balaban J connectivity index is 1.68. The SMILES string of the molecule is Cc1ccc(NC(=O)N(CCc2ccccc2)Cc2ccsc2)cc1. The van der Waals surface area contributed by atoms with E-state index in [-0.39, 0.29) is 6.03 Å². The third kappa shape index (κ3) is 5.19. The van der Waals surface area contributed by atoms with E-state index in [4.69, 9.17) is 0 Å². The molecule has 0 aliphatic rings. The molecule has 3 nitrogen and oxygen atoms in total. The second-order valence-corrected chi connectivity index (χ2v) is 6.86. The van der Waals surface area contributed by atoms with Crippen LogP contribution in [0.4, 0.5) is 10.5 Å². The average molecular weight is 350 g/mol. The zero-order valence-corrected chi connectivity index (χ0v) is 15.1. The summed E-state index contributed by atoms with van der Waals surface area (Å²) in [5.41, 5.74) is 4.40. The minimum atomic E-state index is -0.0639. The van der Waals surface area contributed by atoms with E-state index < -0.39 is 0 Å². The highest BCUT2D eigenvalue weighted by molar-refractivity contribution is 7.07. The molecule has 0 aliphatic carbocycles. The molecule has 1 heterocycles. The van der Waals surface area contributed by atoms with Gasteiger partial charge in [-0.05, 0) is 53.4 Å². The van der Waals surface area contributed by atoms with Crippen molar-refractivity contribution in [3.63, 3.8) is 0 Å². The predicted molar refractivity (Wildman–Crippen MR) is 105 cm³/mol. The standard InChI is InChI=1S/C21H22N2OS/c1-17-7-9-20(10-8-17)22-21(24)23(15-19-12-14-25-16-19)13-11-18-5-3-2-4-6-18/h2-10,12,14,16H,11,13,15H2,1H3,(H,22,24). The summed E-state index contributed by atoms with van der Waals surface area (Å²) in [4.78, 5) is 14.6. The third-order valence-electron chi connectivity index (χ3n) is 4.06. The maximum Gasteiger partial charge on any atom is 0.322 e. The van der Waals surface area contributed by atoms with Crippen molar-refractivity contribution in [1.82, 2.24) is 4.90 Å². The summed E-state index contributed by atoms with van der Waals surface area (Å²) >= 11 is 1.65. The molecule has 2 amide bonds. The number of aryl methyl sites for hydroxylation is 1. The summed E-state index contributed by atoms with van der Waals surface area (Å²) < 4.78 is 0. The second-order valence-electron chi connectivity index (χ2n) is 6.08. The molecule has 0 unspecified atom stereocenters. The van der Waals surface area contributed by atoms with Gasteiger partial charge in [0, 0.05) is 18.8 Å². The second kappa shape index (κ2) is 8.49. The molecule has 128 valence electrons. The fourth-order valence-electron chi connectivity index (χ4n) is 2.60. The molecule has 0 fully saturated rings. The normalized spacial score (nSPS) is 10.4. The van der Waals surface area contributed by atoms with Gasteiger partial charge in [-0.1, -0.05) is 48.0 Å². The number of carbonyl (C=O) groups is 1.